The zero-order valence-electron chi connectivity index (χ0n) is 8.86. The summed E-state index contributed by atoms with van der Waals surface area (Å²) in [4.78, 5) is 13.7. The van der Waals surface area contributed by atoms with Gasteiger partial charge >= 0.3 is 0 Å². The Labute approximate surface area is 109 Å². The fraction of sp³-hybridized carbons (Fsp3) is 0.273. The second-order valence-corrected chi connectivity index (χ2v) is 6.69. The third kappa shape index (κ3) is 1.97. The Balaban J connectivity index is 2.39. The zero-order chi connectivity index (χ0) is 11.9. The lowest BCUT2D eigenvalue weighted by molar-refractivity contribution is -0.118. The molecule has 0 aromatic heterocycles. The Morgan fingerprint density at radius 3 is 2.31 bits per heavy atom. The van der Waals surface area contributed by atoms with Gasteiger partial charge in [0.25, 0.3) is 0 Å². The molecule has 1 aromatic rings. The number of halogens is 1. The molecule has 2 rings (SSSR count). The highest BCUT2D eigenvalue weighted by molar-refractivity contribution is 8.25. The first-order valence-corrected chi connectivity index (χ1v) is 6.35. The molecule has 0 spiro atoms. The summed E-state index contributed by atoms with van der Waals surface area (Å²) < 4.78 is 0.119. The van der Waals surface area contributed by atoms with Crippen LogP contribution in [0.1, 0.15) is 13.8 Å². The van der Waals surface area contributed by atoms with Crippen LogP contribution in [0.15, 0.2) is 24.3 Å². The van der Waals surface area contributed by atoms with Crippen molar-refractivity contribution in [2.45, 2.75) is 18.6 Å². The predicted octanol–water partition coefficient (Wildman–Crippen LogP) is 3.48. The molecule has 0 aliphatic carbocycles. The average molecular weight is 272 g/mol. The maximum atomic E-state index is 12.1. The molecule has 1 aromatic carbocycles. The van der Waals surface area contributed by atoms with Crippen LogP contribution in [0.4, 0.5) is 5.69 Å². The molecule has 1 aliphatic rings. The van der Waals surface area contributed by atoms with Crippen molar-refractivity contribution in [3.63, 3.8) is 0 Å². The van der Waals surface area contributed by atoms with E-state index in [2.05, 4.69) is 0 Å². The highest BCUT2D eigenvalue weighted by atomic mass is 35.5. The van der Waals surface area contributed by atoms with Crippen LogP contribution >= 0.6 is 35.6 Å². The molecule has 0 radical (unpaired) electrons. The number of carbonyl (C=O) groups excluding carboxylic acids is 1. The number of rotatable bonds is 1. The van der Waals surface area contributed by atoms with Crippen LogP contribution in [0, 0.1) is 0 Å². The fourth-order valence-electron chi connectivity index (χ4n) is 1.47. The molecule has 1 saturated heterocycles. The first-order chi connectivity index (χ1) is 7.42. The van der Waals surface area contributed by atoms with Gasteiger partial charge in [-0.15, -0.1) is 0 Å². The molecule has 0 atom stereocenters. The second-order valence-electron chi connectivity index (χ2n) is 4.00. The topological polar surface area (TPSA) is 20.3 Å². The van der Waals surface area contributed by atoms with Crippen LogP contribution < -0.4 is 4.90 Å². The van der Waals surface area contributed by atoms with Crippen LogP contribution in [-0.4, -0.2) is 15.0 Å². The summed E-state index contributed by atoms with van der Waals surface area (Å²) in [6.07, 6.45) is 0. The number of nitrogens with zero attached hydrogens (tertiary/aromatic N) is 1. The molecule has 5 heteroatoms. The van der Waals surface area contributed by atoms with E-state index in [-0.39, 0.29) is 5.91 Å². The minimum atomic E-state index is -0.475. The molecule has 16 heavy (non-hydrogen) atoms. The third-order valence-corrected chi connectivity index (χ3v) is 4.05. The van der Waals surface area contributed by atoms with Crippen molar-refractivity contribution in [1.29, 1.82) is 0 Å². The molecule has 0 N–H and O–H groups in total. The summed E-state index contributed by atoms with van der Waals surface area (Å²) in [5, 5.41) is 0.647. The van der Waals surface area contributed by atoms with E-state index in [1.807, 2.05) is 13.8 Å². The van der Waals surface area contributed by atoms with Gasteiger partial charge in [0.2, 0.25) is 5.91 Å². The molecule has 1 amide bonds. The lowest BCUT2D eigenvalue weighted by atomic mass is 10.1. The Morgan fingerprint density at radius 1 is 1.31 bits per heavy atom. The first kappa shape index (κ1) is 11.9. The Hall–Kier alpha value is -0.580. The van der Waals surface area contributed by atoms with Crippen LogP contribution in [0.5, 0.6) is 0 Å². The van der Waals surface area contributed by atoms with Gasteiger partial charge in [0.15, 0.2) is 0 Å². The second kappa shape index (κ2) is 4.02. The Morgan fingerprint density at radius 2 is 1.88 bits per heavy atom. The van der Waals surface area contributed by atoms with Gasteiger partial charge in [-0.2, -0.15) is 0 Å². The van der Waals surface area contributed by atoms with Crippen molar-refractivity contribution in [3.05, 3.63) is 29.3 Å². The van der Waals surface area contributed by atoms with Gasteiger partial charge in [-0.05, 0) is 38.1 Å². The van der Waals surface area contributed by atoms with E-state index in [0.29, 0.717) is 9.34 Å². The van der Waals surface area contributed by atoms with Crippen molar-refractivity contribution in [2.75, 3.05) is 4.90 Å². The van der Waals surface area contributed by atoms with Crippen LogP contribution in [0.2, 0.25) is 5.02 Å². The molecule has 2 nitrogen and oxygen atoms in total. The zero-order valence-corrected chi connectivity index (χ0v) is 11.2. The summed E-state index contributed by atoms with van der Waals surface area (Å²) >= 11 is 12.4. The van der Waals surface area contributed by atoms with E-state index in [0.717, 1.165) is 5.69 Å². The van der Waals surface area contributed by atoms with Gasteiger partial charge in [-0.3, -0.25) is 9.69 Å². The van der Waals surface area contributed by atoms with Gasteiger partial charge in [0.05, 0.1) is 10.4 Å². The normalized spacial score (nSPS) is 19.3. The molecule has 0 saturated carbocycles. The van der Waals surface area contributed by atoms with Crippen molar-refractivity contribution >= 4 is 51.5 Å². The van der Waals surface area contributed by atoms with Crippen molar-refractivity contribution in [3.8, 4) is 0 Å². The quantitative estimate of drug-likeness (QED) is 0.730. The molecule has 1 heterocycles. The molecule has 1 aliphatic heterocycles. The highest BCUT2D eigenvalue weighted by Gasteiger charge is 2.44. The molecule has 0 bridgehead atoms. The number of carbonyl (C=O) groups is 1. The van der Waals surface area contributed by atoms with E-state index < -0.39 is 4.75 Å². The fourth-order valence-corrected chi connectivity index (χ4v) is 3.31. The number of hydrogen-bond acceptors (Lipinski definition) is 3. The van der Waals surface area contributed by atoms with Crippen LogP contribution in [0.25, 0.3) is 0 Å². The summed E-state index contributed by atoms with van der Waals surface area (Å²) in [5.41, 5.74) is 0.775. The maximum Gasteiger partial charge on any atom is 0.248 e. The number of amides is 1. The van der Waals surface area contributed by atoms with Crippen LogP contribution in [-0.2, 0) is 4.79 Å². The number of thiocarbonyl (C=S) groups is 1. The van der Waals surface area contributed by atoms with E-state index in [9.17, 15) is 4.79 Å². The number of benzene rings is 1. The SMILES string of the molecule is CC1(C)SC(=S)N(c2ccc(Cl)cc2)C1=O. The van der Waals surface area contributed by atoms with Crippen molar-refractivity contribution in [2.24, 2.45) is 0 Å². The van der Waals surface area contributed by atoms with Crippen molar-refractivity contribution < 1.29 is 4.79 Å². The molecule has 0 unspecified atom stereocenters. The Bertz CT molecular complexity index is 456. The minimum absolute atomic E-state index is 0.0184. The lowest BCUT2D eigenvalue weighted by Crippen LogP contribution is -2.35. The number of thioether (sulfide) groups is 1. The summed E-state index contributed by atoms with van der Waals surface area (Å²) in [7, 11) is 0. The standard InChI is InChI=1S/C11H10ClNOS2/c1-11(2)9(14)13(10(15)16-11)8-5-3-7(12)4-6-8/h3-6H,1-2H3. The highest BCUT2D eigenvalue weighted by Crippen LogP contribution is 2.39. The van der Waals surface area contributed by atoms with E-state index in [1.165, 1.54) is 11.8 Å². The molecular weight excluding hydrogens is 262 g/mol. The minimum Gasteiger partial charge on any atom is -0.272 e. The van der Waals surface area contributed by atoms with E-state index in [1.54, 1.807) is 29.2 Å². The monoisotopic (exact) mass is 271 g/mol. The smallest absolute Gasteiger partial charge is 0.248 e. The summed E-state index contributed by atoms with van der Waals surface area (Å²) in [6, 6.07) is 7.11. The summed E-state index contributed by atoms with van der Waals surface area (Å²) in [6.45, 7) is 3.75. The molecular formula is C11H10ClNOS2. The van der Waals surface area contributed by atoms with Gasteiger partial charge in [-0.25, -0.2) is 0 Å². The van der Waals surface area contributed by atoms with Gasteiger partial charge in [-0.1, -0.05) is 35.6 Å². The lowest BCUT2D eigenvalue weighted by Gasteiger charge is -2.17. The maximum absolute atomic E-state index is 12.1. The summed E-state index contributed by atoms with van der Waals surface area (Å²) in [5.74, 6) is 0.0184. The van der Waals surface area contributed by atoms with E-state index in [4.69, 9.17) is 23.8 Å². The largest absolute Gasteiger partial charge is 0.272 e. The van der Waals surface area contributed by atoms with Gasteiger partial charge < -0.3 is 0 Å². The van der Waals surface area contributed by atoms with Gasteiger partial charge in [0.1, 0.15) is 4.32 Å². The number of hydrogen-bond donors (Lipinski definition) is 0. The van der Waals surface area contributed by atoms with Crippen molar-refractivity contribution in [1.82, 2.24) is 0 Å². The number of anilines is 1. The molecule has 1 fully saturated rings. The van der Waals surface area contributed by atoms with E-state index >= 15 is 0 Å². The predicted molar refractivity (Wildman–Crippen MR) is 73.2 cm³/mol. The van der Waals surface area contributed by atoms with Crippen LogP contribution in [0.3, 0.4) is 0 Å². The first-order valence-electron chi connectivity index (χ1n) is 4.75. The average Bonchev–Trinajstić information content (AvgIpc) is 2.39. The third-order valence-electron chi connectivity index (χ3n) is 2.33. The van der Waals surface area contributed by atoms with Gasteiger partial charge in [0, 0.05) is 5.02 Å². The molecule has 84 valence electrons. The Kier molecular flexibility index (Phi) is 2.99.